The lowest BCUT2D eigenvalue weighted by Gasteiger charge is -2.23. The van der Waals surface area contributed by atoms with Crippen molar-refractivity contribution in [2.75, 3.05) is 13.7 Å². The summed E-state index contributed by atoms with van der Waals surface area (Å²) in [5.41, 5.74) is 6.64. The first-order valence-electron chi connectivity index (χ1n) is 4.95. The SMILES string of the molecule is COc1ccc(C2CNNC(=O)C2)cc1. The van der Waals surface area contributed by atoms with Crippen LogP contribution in [0.3, 0.4) is 0 Å². The van der Waals surface area contributed by atoms with E-state index < -0.39 is 0 Å². The lowest BCUT2D eigenvalue weighted by molar-refractivity contribution is -0.123. The Bertz CT molecular complexity index is 348. The second-order valence-corrected chi connectivity index (χ2v) is 3.60. The van der Waals surface area contributed by atoms with Crippen LogP contribution in [0.25, 0.3) is 0 Å². The van der Waals surface area contributed by atoms with Gasteiger partial charge in [-0.2, -0.15) is 0 Å². The lowest BCUT2D eigenvalue weighted by Crippen LogP contribution is -2.45. The summed E-state index contributed by atoms with van der Waals surface area (Å²) < 4.78 is 5.08. The van der Waals surface area contributed by atoms with Crippen molar-refractivity contribution in [1.82, 2.24) is 10.9 Å². The Hall–Kier alpha value is -1.55. The summed E-state index contributed by atoms with van der Waals surface area (Å²) in [4.78, 5) is 11.2. The van der Waals surface area contributed by atoms with Gasteiger partial charge in [0.25, 0.3) is 0 Å². The molecule has 2 N–H and O–H groups in total. The highest BCUT2D eigenvalue weighted by Gasteiger charge is 2.20. The Balaban J connectivity index is 2.11. The number of methoxy groups -OCH3 is 1. The molecule has 2 rings (SSSR count). The normalized spacial score (nSPS) is 20.9. The van der Waals surface area contributed by atoms with Crippen molar-refractivity contribution in [3.05, 3.63) is 29.8 Å². The van der Waals surface area contributed by atoms with E-state index in [0.29, 0.717) is 6.42 Å². The molecule has 1 aliphatic heterocycles. The van der Waals surface area contributed by atoms with Gasteiger partial charge in [-0.05, 0) is 17.7 Å². The minimum Gasteiger partial charge on any atom is -0.497 e. The molecule has 1 saturated heterocycles. The van der Waals surface area contributed by atoms with E-state index in [4.69, 9.17) is 4.74 Å². The van der Waals surface area contributed by atoms with E-state index in [-0.39, 0.29) is 11.8 Å². The number of hydrogen-bond acceptors (Lipinski definition) is 3. The van der Waals surface area contributed by atoms with Crippen molar-refractivity contribution >= 4 is 5.91 Å². The van der Waals surface area contributed by atoms with Crippen molar-refractivity contribution in [2.45, 2.75) is 12.3 Å². The summed E-state index contributed by atoms with van der Waals surface area (Å²) in [6, 6.07) is 7.84. The monoisotopic (exact) mass is 206 g/mol. The van der Waals surface area contributed by atoms with Gasteiger partial charge in [-0.1, -0.05) is 12.1 Å². The van der Waals surface area contributed by atoms with E-state index in [1.807, 2.05) is 24.3 Å². The molecule has 0 spiro atoms. The van der Waals surface area contributed by atoms with Crippen LogP contribution in [0.2, 0.25) is 0 Å². The highest BCUT2D eigenvalue weighted by molar-refractivity contribution is 5.77. The predicted octanol–water partition coefficient (Wildman–Crippen LogP) is 0.803. The van der Waals surface area contributed by atoms with E-state index >= 15 is 0 Å². The molecular weight excluding hydrogens is 192 g/mol. The van der Waals surface area contributed by atoms with Crippen LogP contribution in [0.4, 0.5) is 0 Å². The van der Waals surface area contributed by atoms with Gasteiger partial charge in [0.2, 0.25) is 5.91 Å². The van der Waals surface area contributed by atoms with E-state index in [1.165, 1.54) is 0 Å². The molecule has 1 aromatic carbocycles. The Morgan fingerprint density at radius 2 is 2.07 bits per heavy atom. The van der Waals surface area contributed by atoms with E-state index in [0.717, 1.165) is 17.9 Å². The number of amides is 1. The zero-order valence-electron chi connectivity index (χ0n) is 8.62. The summed E-state index contributed by atoms with van der Waals surface area (Å²) in [5, 5.41) is 0. The maximum absolute atomic E-state index is 11.2. The standard InChI is InChI=1S/C11H14N2O2/c1-15-10-4-2-8(3-5-10)9-6-11(14)13-12-7-9/h2-5,9,12H,6-7H2,1H3,(H,13,14). The molecule has 1 fully saturated rings. The van der Waals surface area contributed by atoms with Crippen LogP contribution < -0.4 is 15.6 Å². The Kier molecular flexibility index (Phi) is 2.87. The third kappa shape index (κ3) is 2.27. The third-order valence-corrected chi connectivity index (χ3v) is 2.60. The summed E-state index contributed by atoms with van der Waals surface area (Å²) in [6.45, 7) is 0.776. The summed E-state index contributed by atoms with van der Waals surface area (Å²) in [7, 11) is 1.64. The average molecular weight is 206 g/mol. The molecule has 0 aliphatic carbocycles. The Morgan fingerprint density at radius 3 is 2.67 bits per heavy atom. The van der Waals surface area contributed by atoms with Crippen LogP contribution >= 0.6 is 0 Å². The first-order chi connectivity index (χ1) is 7.29. The summed E-state index contributed by atoms with van der Waals surface area (Å²) in [6.07, 6.45) is 0.541. The number of benzene rings is 1. The van der Waals surface area contributed by atoms with Crippen LogP contribution in [0.1, 0.15) is 17.9 Å². The number of carbonyl (C=O) groups excluding carboxylic acids is 1. The highest BCUT2D eigenvalue weighted by Crippen LogP contribution is 2.22. The fraction of sp³-hybridized carbons (Fsp3) is 0.364. The molecule has 0 aromatic heterocycles. The van der Waals surface area contributed by atoms with Crippen molar-refractivity contribution in [3.63, 3.8) is 0 Å². The van der Waals surface area contributed by atoms with Gasteiger partial charge in [0.05, 0.1) is 7.11 Å². The molecule has 80 valence electrons. The number of rotatable bonds is 2. The maximum Gasteiger partial charge on any atom is 0.234 e. The van der Waals surface area contributed by atoms with E-state index in [1.54, 1.807) is 7.11 Å². The van der Waals surface area contributed by atoms with Crippen LogP contribution in [-0.4, -0.2) is 19.6 Å². The van der Waals surface area contributed by atoms with Crippen LogP contribution in [0, 0.1) is 0 Å². The molecule has 1 atom stereocenters. The molecule has 1 aliphatic rings. The van der Waals surface area contributed by atoms with E-state index in [2.05, 4.69) is 10.9 Å². The second-order valence-electron chi connectivity index (χ2n) is 3.60. The van der Waals surface area contributed by atoms with Gasteiger partial charge >= 0.3 is 0 Å². The van der Waals surface area contributed by atoms with Crippen LogP contribution in [0.5, 0.6) is 5.75 Å². The smallest absolute Gasteiger partial charge is 0.234 e. The van der Waals surface area contributed by atoms with Gasteiger partial charge in [-0.3, -0.25) is 10.2 Å². The number of hydrazine groups is 1. The quantitative estimate of drug-likeness (QED) is 0.752. The molecule has 0 saturated carbocycles. The van der Waals surface area contributed by atoms with Gasteiger partial charge in [-0.25, -0.2) is 5.43 Å². The molecule has 15 heavy (non-hydrogen) atoms. The number of ether oxygens (including phenoxy) is 1. The fourth-order valence-corrected chi connectivity index (χ4v) is 1.73. The minimum atomic E-state index is 0.0436. The Morgan fingerprint density at radius 1 is 1.33 bits per heavy atom. The van der Waals surface area contributed by atoms with Gasteiger partial charge in [-0.15, -0.1) is 0 Å². The summed E-state index contributed by atoms with van der Waals surface area (Å²) >= 11 is 0. The molecule has 1 amide bonds. The van der Waals surface area contributed by atoms with Gasteiger partial charge in [0.1, 0.15) is 5.75 Å². The first kappa shape index (κ1) is 9.98. The molecule has 1 heterocycles. The highest BCUT2D eigenvalue weighted by atomic mass is 16.5. The minimum absolute atomic E-state index is 0.0436. The Labute approximate surface area is 88.6 Å². The molecule has 4 nitrogen and oxygen atoms in total. The van der Waals surface area contributed by atoms with Gasteiger partial charge < -0.3 is 4.74 Å². The second kappa shape index (κ2) is 4.31. The average Bonchev–Trinajstić information content (AvgIpc) is 2.29. The molecule has 1 unspecified atom stereocenters. The predicted molar refractivity (Wildman–Crippen MR) is 56.5 cm³/mol. The van der Waals surface area contributed by atoms with Crippen LogP contribution in [-0.2, 0) is 4.79 Å². The van der Waals surface area contributed by atoms with Crippen molar-refractivity contribution in [2.24, 2.45) is 0 Å². The summed E-state index contributed by atoms with van der Waals surface area (Å²) in [5.74, 6) is 1.14. The number of hydrogen-bond donors (Lipinski definition) is 2. The lowest BCUT2D eigenvalue weighted by atomic mass is 9.94. The third-order valence-electron chi connectivity index (χ3n) is 2.60. The fourth-order valence-electron chi connectivity index (χ4n) is 1.73. The molecular formula is C11H14N2O2. The van der Waals surface area contributed by atoms with Crippen molar-refractivity contribution in [3.8, 4) is 5.75 Å². The number of nitrogens with one attached hydrogen (secondary N) is 2. The molecule has 0 bridgehead atoms. The zero-order valence-corrected chi connectivity index (χ0v) is 8.62. The zero-order chi connectivity index (χ0) is 10.7. The number of carbonyl (C=O) groups is 1. The first-order valence-corrected chi connectivity index (χ1v) is 4.95. The molecule has 1 aromatic rings. The van der Waals surface area contributed by atoms with E-state index in [9.17, 15) is 4.79 Å². The maximum atomic E-state index is 11.2. The topological polar surface area (TPSA) is 50.4 Å². The molecule has 0 radical (unpaired) electrons. The van der Waals surface area contributed by atoms with Gasteiger partial charge in [0, 0.05) is 18.9 Å². The van der Waals surface area contributed by atoms with Gasteiger partial charge in [0.15, 0.2) is 0 Å². The van der Waals surface area contributed by atoms with Crippen molar-refractivity contribution < 1.29 is 9.53 Å². The van der Waals surface area contributed by atoms with Crippen molar-refractivity contribution in [1.29, 1.82) is 0 Å². The molecule has 4 heteroatoms. The van der Waals surface area contributed by atoms with Crippen LogP contribution in [0.15, 0.2) is 24.3 Å². The largest absolute Gasteiger partial charge is 0.497 e.